The molecule has 6 heteroatoms. The summed E-state index contributed by atoms with van der Waals surface area (Å²) in [6.07, 6.45) is 6.86. The van der Waals surface area contributed by atoms with Crippen molar-refractivity contribution in [3.63, 3.8) is 0 Å². The number of rotatable bonds is 3. The van der Waals surface area contributed by atoms with Crippen molar-refractivity contribution in [1.29, 1.82) is 0 Å². The van der Waals surface area contributed by atoms with Gasteiger partial charge in [-0.1, -0.05) is 6.07 Å². The lowest BCUT2D eigenvalue weighted by Gasteiger charge is -2.40. The number of phenolic OH excluding ortho intramolecular Hbond substituents is 1. The lowest BCUT2D eigenvalue weighted by molar-refractivity contribution is 0.0665. The van der Waals surface area contributed by atoms with Crippen molar-refractivity contribution in [3.8, 4) is 5.75 Å². The maximum Gasteiger partial charge on any atom is 0.253 e. The molecule has 3 aliphatic rings. The molecule has 1 N–H and O–H groups in total. The molecule has 1 spiro atoms. The predicted octanol–water partition coefficient (Wildman–Crippen LogP) is 4.06. The number of anilines is 1. The zero-order valence-corrected chi connectivity index (χ0v) is 17.6. The van der Waals surface area contributed by atoms with Crippen LogP contribution in [0.5, 0.6) is 5.75 Å². The second kappa shape index (κ2) is 7.66. The minimum Gasteiger partial charge on any atom is -0.504 e. The van der Waals surface area contributed by atoms with Crippen molar-refractivity contribution in [2.45, 2.75) is 43.9 Å². The van der Waals surface area contributed by atoms with Crippen LogP contribution >= 0.6 is 0 Å². The first-order valence-electron chi connectivity index (χ1n) is 11.2. The highest BCUT2D eigenvalue weighted by Gasteiger charge is 2.42. The number of amides is 1. The van der Waals surface area contributed by atoms with Crippen LogP contribution in [-0.2, 0) is 11.8 Å². The van der Waals surface area contributed by atoms with E-state index < -0.39 is 11.6 Å². The highest BCUT2D eigenvalue weighted by atomic mass is 19.1. The molecule has 2 saturated heterocycles. The first-order chi connectivity index (χ1) is 15.0. The van der Waals surface area contributed by atoms with Crippen LogP contribution in [0.1, 0.15) is 63.9 Å². The first kappa shape index (κ1) is 20.0. The van der Waals surface area contributed by atoms with Gasteiger partial charge in [0.25, 0.3) is 5.91 Å². The van der Waals surface area contributed by atoms with E-state index in [0.29, 0.717) is 19.4 Å². The standard InChI is InChI=1S/C25H27FN2O3/c26-22-15-18(13-19(16-29)23(22)30)24(31)28-11-7-25(8-12-28)6-5-17-14-20(3-4-21(17)25)27-9-1-2-10-27/h3-4,13-16,30H,1-2,5-12H2. The molecule has 2 aromatic rings. The van der Waals surface area contributed by atoms with Gasteiger partial charge in [-0.3, -0.25) is 9.59 Å². The van der Waals surface area contributed by atoms with Crippen LogP contribution < -0.4 is 4.90 Å². The Labute approximate surface area is 181 Å². The third-order valence-corrected chi connectivity index (χ3v) is 7.48. The molecule has 0 saturated carbocycles. The van der Waals surface area contributed by atoms with Gasteiger partial charge in [0.1, 0.15) is 0 Å². The SMILES string of the molecule is O=Cc1cc(C(=O)N2CCC3(CCc4cc(N5CCCC5)ccc43)CC2)cc(F)c1O. The van der Waals surface area contributed by atoms with Crippen molar-refractivity contribution in [2.24, 2.45) is 0 Å². The number of aryl methyl sites for hydroxylation is 1. The van der Waals surface area contributed by atoms with Gasteiger partial charge >= 0.3 is 0 Å². The average molecular weight is 423 g/mol. The number of benzene rings is 2. The molecule has 0 radical (unpaired) electrons. The maximum absolute atomic E-state index is 13.9. The Morgan fingerprint density at radius 2 is 1.77 bits per heavy atom. The van der Waals surface area contributed by atoms with E-state index in [1.807, 2.05) is 0 Å². The maximum atomic E-state index is 13.9. The number of nitrogens with zero attached hydrogens (tertiary/aromatic N) is 2. The van der Waals surface area contributed by atoms with Crippen LogP contribution in [0.3, 0.4) is 0 Å². The number of carbonyl (C=O) groups is 2. The van der Waals surface area contributed by atoms with E-state index in [1.54, 1.807) is 4.90 Å². The molecule has 2 aliphatic heterocycles. The number of carbonyl (C=O) groups excluding carboxylic acids is 2. The Balaban J connectivity index is 1.32. The lowest BCUT2D eigenvalue weighted by Crippen LogP contribution is -2.44. The van der Waals surface area contributed by atoms with Gasteiger partial charge in [-0.15, -0.1) is 0 Å². The number of hydrogen-bond donors (Lipinski definition) is 1. The molecule has 162 valence electrons. The second-order valence-corrected chi connectivity index (χ2v) is 9.12. The summed E-state index contributed by atoms with van der Waals surface area (Å²) in [7, 11) is 0. The normalized spacial score (nSPS) is 19.6. The van der Waals surface area contributed by atoms with Gasteiger partial charge in [-0.05, 0) is 79.3 Å². The van der Waals surface area contributed by atoms with Crippen LogP contribution in [0.4, 0.5) is 10.1 Å². The molecule has 0 bridgehead atoms. The molecule has 0 aromatic heterocycles. The Morgan fingerprint density at radius 3 is 2.48 bits per heavy atom. The van der Waals surface area contributed by atoms with Crippen molar-refractivity contribution < 1.29 is 19.1 Å². The number of aromatic hydroxyl groups is 1. The topological polar surface area (TPSA) is 60.9 Å². The molecule has 0 atom stereocenters. The third-order valence-electron chi connectivity index (χ3n) is 7.48. The van der Waals surface area contributed by atoms with Crippen LogP contribution in [-0.4, -0.2) is 48.4 Å². The van der Waals surface area contributed by atoms with Crippen LogP contribution in [0.15, 0.2) is 30.3 Å². The zero-order chi connectivity index (χ0) is 21.6. The number of halogens is 1. The Bertz CT molecular complexity index is 1040. The van der Waals surface area contributed by atoms with E-state index in [-0.39, 0.29) is 22.4 Å². The first-order valence-corrected chi connectivity index (χ1v) is 11.2. The van der Waals surface area contributed by atoms with E-state index in [9.17, 15) is 19.1 Å². The number of aldehydes is 1. The molecule has 1 aliphatic carbocycles. The summed E-state index contributed by atoms with van der Waals surface area (Å²) in [4.78, 5) is 28.2. The number of fused-ring (bicyclic) bond motifs is 2. The molecule has 2 fully saturated rings. The van der Waals surface area contributed by atoms with Crippen molar-refractivity contribution in [3.05, 3.63) is 58.4 Å². The summed E-state index contributed by atoms with van der Waals surface area (Å²) in [5.74, 6) is -1.94. The van der Waals surface area contributed by atoms with Gasteiger partial charge in [0, 0.05) is 37.4 Å². The molecule has 1 amide bonds. The van der Waals surface area contributed by atoms with Gasteiger partial charge in [0.15, 0.2) is 17.9 Å². The Morgan fingerprint density at radius 1 is 1.03 bits per heavy atom. The third kappa shape index (κ3) is 3.38. The van der Waals surface area contributed by atoms with E-state index in [2.05, 4.69) is 23.1 Å². The Hall–Kier alpha value is -2.89. The largest absolute Gasteiger partial charge is 0.504 e. The van der Waals surface area contributed by atoms with Crippen LogP contribution in [0, 0.1) is 5.82 Å². The van der Waals surface area contributed by atoms with E-state index >= 15 is 0 Å². The fraction of sp³-hybridized carbons (Fsp3) is 0.440. The van der Waals surface area contributed by atoms with Crippen molar-refractivity contribution >= 4 is 17.9 Å². The molecule has 5 nitrogen and oxygen atoms in total. The minimum absolute atomic E-state index is 0.107. The lowest BCUT2D eigenvalue weighted by atomic mass is 9.73. The van der Waals surface area contributed by atoms with Gasteiger partial charge in [0.05, 0.1) is 5.56 Å². The highest BCUT2D eigenvalue weighted by Crippen LogP contribution is 2.47. The average Bonchev–Trinajstić information content (AvgIpc) is 3.45. The van der Waals surface area contributed by atoms with E-state index in [4.69, 9.17) is 0 Å². The van der Waals surface area contributed by atoms with Crippen molar-refractivity contribution in [2.75, 3.05) is 31.1 Å². The molecule has 0 unspecified atom stereocenters. The molecular formula is C25H27FN2O3. The monoisotopic (exact) mass is 422 g/mol. The fourth-order valence-electron chi connectivity index (χ4n) is 5.66. The predicted molar refractivity (Wildman–Crippen MR) is 116 cm³/mol. The van der Waals surface area contributed by atoms with E-state index in [1.165, 1.54) is 35.7 Å². The quantitative estimate of drug-likeness (QED) is 0.758. The molecule has 5 rings (SSSR count). The molecule has 2 heterocycles. The second-order valence-electron chi connectivity index (χ2n) is 9.12. The van der Waals surface area contributed by atoms with Crippen molar-refractivity contribution in [1.82, 2.24) is 4.90 Å². The Kier molecular flexibility index (Phi) is 4.95. The zero-order valence-electron chi connectivity index (χ0n) is 17.6. The summed E-state index contributed by atoms with van der Waals surface area (Å²) < 4.78 is 13.9. The highest BCUT2D eigenvalue weighted by molar-refractivity contribution is 5.96. The molecule has 2 aromatic carbocycles. The van der Waals surface area contributed by atoms with Crippen LogP contribution in [0.25, 0.3) is 0 Å². The number of phenols is 1. The van der Waals surface area contributed by atoms with Gasteiger partial charge in [0.2, 0.25) is 0 Å². The number of piperidine rings is 1. The fourth-order valence-corrected chi connectivity index (χ4v) is 5.66. The molecular weight excluding hydrogens is 395 g/mol. The van der Waals surface area contributed by atoms with Gasteiger partial charge in [-0.2, -0.15) is 0 Å². The summed E-state index contributed by atoms with van der Waals surface area (Å²) >= 11 is 0. The summed E-state index contributed by atoms with van der Waals surface area (Å²) in [6, 6.07) is 9.21. The van der Waals surface area contributed by atoms with E-state index in [0.717, 1.165) is 44.8 Å². The van der Waals surface area contributed by atoms with Crippen LogP contribution in [0.2, 0.25) is 0 Å². The van der Waals surface area contributed by atoms with Gasteiger partial charge < -0.3 is 14.9 Å². The number of hydrogen-bond acceptors (Lipinski definition) is 4. The summed E-state index contributed by atoms with van der Waals surface area (Å²) in [5, 5.41) is 9.60. The summed E-state index contributed by atoms with van der Waals surface area (Å²) in [5.41, 5.74) is 4.23. The smallest absolute Gasteiger partial charge is 0.253 e. The van der Waals surface area contributed by atoms with Gasteiger partial charge in [-0.25, -0.2) is 4.39 Å². The minimum atomic E-state index is -0.944. The molecule has 31 heavy (non-hydrogen) atoms. The summed E-state index contributed by atoms with van der Waals surface area (Å²) in [6.45, 7) is 3.49. The number of likely N-dealkylation sites (tertiary alicyclic amines) is 1.